The predicted octanol–water partition coefficient (Wildman–Crippen LogP) is 1.98. The molecule has 1 heterocycles. The Bertz CT molecular complexity index is 941. The van der Waals surface area contributed by atoms with Gasteiger partial charge in [0.15, 0.2) is 12.7 Å². The van der Waals surface area contributed by atoms with Gasteiger partial charge in [-0.1, -0.05) is 18.2 Å². The molecule has 0 radical (unpaired) electrons. The normalized spacial score (nSPS) is 15.1. The van der Waals surface area contributed by atoms with Crippen LogP contribution in [0.15, 0.2) is 42.5 Å². The Morgan fingerprint density at radius 1 is 1.17 bits per heavy atom. The zero-order valence-electron chi connectivity index (χ0n) is 17.1. The number of anilines is 1. The zero-order chi connectivity index (χ0) is 21.7. The summed E-state index contributed by atoms with van der Waals surface area (Å²) in [6.45, 7) is 3.08. The Hall–Kier alpha value is -3.55. The Morgan fingerprint density at radius 2 is 1.90 bits per heavy atom. The number of hydrogen-bond donors (Lipinski definition) is 1. The number of methoxy groups -OCH3 is 1. The highest BCUT2D eigenvalue weighted by molar-refractivity contribution is 6.03. The average molecular weight is 412 g/mol. The fourth-order valence-corrected chi connectivity index (χ4v) is 3.00. The molecule has 30 heavy (non-hydrogen) atoms. The smallest absolute Gasteiger partial charge is 0.326 e. The van der Waals surface area contributed by atoms with Crippen LogP contribution in [0, 0.1) is 6.92 Å². The number of hydrogen-bond acceptors (Lipinski definition) is 6. The number of rotatable bonds is 7. The first-order chi connectivity index (χ1) is 14.4. The fraction of sp³-hybridized carbons (Fsp3) is 0.318. The number of carbonyl (C=O) groups is 3. The maximum absolute atomic E-state index is 12.5. The molecule has 1 aliphatic rings. The van der Waals surface area contributed by atoms with Crippen molar-refractivity contribution in [2.45, 2.75) is 26.5 Å². The molecule has 3 rings (SSSR count). The Morgan fingerprint density at radius 3 is 2.60 bits per heavy atom. The Balaban J connectivity index is 1.52. The van der Waals surface area contributed by atoms with Gasteiger partial charge in [-0.3, -0.25) is 19.3 Å². The first-order valence-electron chi connectivity index (χ1n) is 9.51. The standard InChI is InChI=1S/C22H24N2O6/c1-14-4-9-19-18(10-14)24(22(27)15(2)30-19)12-21(26)29-13-20(25)23-11-16-5-7-17(28-3)8-6-16/h4-10,15H,11-13H2,1-3H3,(H,23,25)/t15-/m1/s1. The van der Waals surface area contributed by atoms with E-state index < -0.39 is 24.6 Å². The molecule has 8 heteroatoms. The molecule has 0 bridgehead atoms. The minimum absolute atomic E-state index is 0.297. The van der Waals surface area contributed by atoms with Crippen molar-refractivity contribution in [1.82, 2.24) is 5.32 Å². The molecule has 1 atom stereocenters. The topological polar surface area (TPSA) is 94.2 Å². The molecule has 0 aliphatic carbocycles. The Labute approximate surface area is 174 Å². The van der Waals surface area contributed by atoms with E-state index in [1.54, 1.807) is 38.3 Å². The molecular formula is C22H24N2O6. The van der Waals surface area contributed by atoms with Crippen LogP contribution in [0.4, 0.5) is 5.69 Å². The van der Waals surface area contributed by atoms with Gasteiger partial charge in [0.25, 0.3) is 11.8 Å². The van der Waals surface area contributed by atoms with E-state index in [1.807, 2.05) is 25.1 Å². The maximum Gasteiger partial charge on any atom is 0.326 e. The van der Waals surface area contributed by atoms with Crippen LogP contribution in [0.3, 0.4) is 0 Å². The second kappa shape index (κ2) is 9.30. The average Bonchev–Trinajstić information content (AvgIpc) is 2.75. The molecule has 0 unspecified atom stereocenters. The molecule has 0 spiro atoms. The van der Waals surface area contributed by atoms with E-state index in [1.165, 1.54) is 4.90 Å². The SMILES string of the molecule is COc1ccc(CNC(=O)COC(=O)CN2C(=O)[C@@H](C)Oc3ccc(C)cc32)cc1. The van der Waals surface area contributed by atoms with Crippen LogP contribution in [-0.4, -0.2) is 44.1 Å². The number of fused-ring (bicyclic) bond motifs is 1. The minimum atomic E-state index is -0.708. The first kappa shape index (κ1) is 21.2. The van der Waals surface area contributed by atoms with E-state index in [0.717, 1.165) is 16.9 Å². The lowest BCUT2D eigenvalue weighted by Crippen LogP contribution is -2.47. The number of nitrogens with zero attached hydrogens (tertiary/aromatic N) is 1. The van der Waals surface area contributed by atoms with Crippen molar-refractivity contribution in [1.29, 1.82) is 0 Å². The molecule has 8 nitrogen and oxygen atoms in total. The van der Waals surface area contributed by atoms with Gasteiger partial charge >= 0.3 is 5.97 Å². The van der Waals surface area contributed by atoms with Crippen molar-refractivity contribution < 1.29 is 28.6 Å². The monoisotopic (exact) mass is 412 g/mol. The van der Waals surface area contributed by atoms with E-state index in [4.69, 9.17) is 14.2 Å². The molecule has 1 aliphatic heterocycles. The lowest BCUT2D eigenvalue weighted by Gasteiger charge is -2.32. The van der Waals surface area contributed by atoms with Crippen molar-refractivity contribution in [3.63, 3.8) is 0 Å². The summed E-state index contributed by atoms with van der Waals surface area (Å²) in [5, 5.41) is 2.68. The van der Waals surface area contributed by atoms with Gasteiger partial charge in [0.1, 0.15) is 18.0 Å². The van der Waals surface area contributed by atoms with Crippen LogP contribution in [0.25, 0.3) is 0 Å². The summed E-state index contributed by atoms with van der Waals surface area (Å²) in [5.41, 5.74) is 2.32. The molecule has 0 aromatic heterocycles. The number of nitrogens with one attached hydrogen (secondary N) is 1. The highest BCUT2D eigenvalue weighted by atomic mass is 16.5. The largest absolute Gasteiger partial charge is 0.497 e. The molecule has 2 aromatic rings. The number of ether oxygens (including phenoxy) is 3. The summed E-state index contributed by atoms with van der Waals surface area (Å²) in [6.07, 6.45) is -0.708. The summed E-state index contributed by atoms with van der Waals surface area (Å²) in [7, 11) is 1.58. The van der Waals surface area contributed by atoms with Gasteiger partial charge in [-0.15, -0.1) is 0 Å². The third-order valence-corrected chi connectivity index (χ3v) is 4.62. The number of amides is 2. The summed E-state index contributed by atoms with van der Waals surface area (Å²) in [5.74, 6) is -0.198. The number of benzene rings is 2. The van der Waals surface area contributed by atoms with Crippen LogP contribution in [0.2, 0.25) is 0 Å². The minimum Gasteiger partial charge on any atom is -0.497 e. The van der Waals surface area contributed by atoms with Gasteiger partial charge in [0.2, 0.25) is 0 Å². The van der Waals surface area contributed by atoms with E-state index in [0.29, 0.717) is 18.0 Å². The number of aryl methyl sites for hydroxylation is 1. The molecule has 2 amide bonds. The van der Waals surface area contributed by atoms with Gasteiger partial charge in [-0.2, -0.15) is 0 Å². The molecule has 158 valence electrons. The van der Waals surface area contributed by atoms with Crippen molar-refractivity contribution in [3.8, 4) is 11.5 Å². The number of carbonyl (C=O) groups excluding carboxylic acids is 3. The van der Waals surface area contributed by atoms with Crippen LogP contribution in [0.5, 0.6) is 11.5 Å². The summed E-state index contributed by atoms with van der Waals surface area (Å²) in [6, 6.07) is 12.6. The molecule has 2 aromatic carbocycles. The highest BCUT2D eigenvalue weighted by Crippen LogP contribution is 2.34. The van der Waals surface area contributed by atoms with E-state index >= 15 is 0 Å². The lowest BCUT2D eigenvalue weighted by atomic mass is 10.1. The quantitative estimate of drug-likeness (QED) is 0.699. The van der Waals surface area contributed by atoms with Crippen LogP contribution < -0.4 is 19.7 Å². The van der Waals surface area contributed by atoms with Crippen LogP contribution in [-0.2, 0) is 25.7 Å². The van der Waals surface area contributed by atoms with Gasteiger partial charge in [0, 0.05) is 6.54 Å². The predicted molar refractivity (Wildman–Crippen MR) is 109 cm³/mol. The Kier molecular flexibility index (Phi) is 6.56. The van der Waals surface area contributed by atoms with Crippen LogP contribution >= 0.6 is 0 Å². The third-order valence-electron chi connectivity index (χ3n) is 4.62. The fourth-order valence-electron chi connectivity index (χ4n) is 3.00. The van der Waals surface area contributed by atoms with Gasteiger partial charge < -0.3 is 19.5 Å². The van der Waals surface area contributed by atoms with Gasteiger partial charge in [-0.05, 0) is 49.2 Å². The van der Waals surface area contributed by atoms with Crippen LogP contribution in [0.1, 0.15) is 18.1 Å². The highest BCUT2D eigenvalue weighted by Gasteiger charge is 2.33. The van der Waals surface area contributed by atoms with E-state index in [-0.39, 0.29) is 12.5 Å². The van der Waals surface area contributed by atoms with E-state index in [9.17, 15) is 14.4 Å². The zero-order valence-corrected chi connectivity index (χ0v) is 17.1. The first-order valence-corrected chi connectivity index (χ1v) is 9.51. The number of esters is 1. The van der Waals surface area contributed by atoms with E-state index in [2.05, 4.69) is 5.32 Å². The van der Waals surface area contributed by atoms with Gasteiger partial charge in [-0.25, -0.2) is 0 Å². The van der Waals surface area contributed by atoms with Crippen molar-refractivity contribution in [2.75, 3.05) is 25.2 Å². The molecular weight excluding hydrogens is 388 g/mol. The molecule has 0 saturated carbocycles. The van der Waals surface area contributed by atoms with Crippen molar-refractivity contribution >= 4 is 23.5 Å². The van der Waals surface area contributed by atoms with Crippen molar-refractivity contribution in [3.05, 3.63) is 53.6 Å². The maximum atomic E-state index is 12.5. The second-order valence-corrected chi connectivity index (χ2v) is 6.94. The summed E-state index contributed by atoms with van der Waals surface area (Å²) in [4.78, 5) is 38.0. The van der Waals surface area contributed by atoms with Gasteiger partial charge in [0.05, 0.1) is 12.8 Å². The third kappa shape index (κ3) is 5.08. The summed E-state index contributed by atoms with van der Waals surface area (Å²) >= 11 is 0. The second-order valence-electron chi connectivity index (χ2n) is 6.94. The molecule has 1 N–H and O–H groups in total. The molecule has 0 saturated heterocycles. The summed E-state index contributed by atoms with van der Waals surface area (Å²) < 4.78 is 15.7. The lowest BCUT2D eigenvalue weighted by molar-refractivity contribution is -0.148. The van der Waals surface area contributed by atoms with Crippen molar-refractivity contribution in [2.24, 2.45) is 0 Å². The molecule has 0 fully saturated rings.